The molecule has 0 amide bonds. The molecule has 2 rings (SSSR count). The number of pyridine rings is 1. The molecule has 0 aliphatic carbocycles. The summed E-state index contributed by atoms with van der Waals surface area (Å²) >= 11 is 3.20. The molecule has 6 nitrogen and oxygen atoms in total. The SMILES string of the molecule is CC1CN(c2ncc(Br)cc2[N+](=O)[O-])CCC1N. The van der Waals surface area contributed by atoms with Crippen LogP contribution < -0.4 is 10.6 Å². The van der Waals surface area contributed by atoms with Gasteiger partial charge in [-0.3, -0.25) is 10.1 Å². The van der Waals surface area contributed by atoms with Crippen molar-refractivity contribution in [1.82, 2.24) is 4.98 Å². The molecule has 2 N–H and O–H groups in total. The molecule has 2 heterocycles. The third-order valence-corrected chi connectivity index (χ3v) is 3.72. The van der Waals surface area contributed by atoms with Crippen LogP contribution in [0, 0.1) is 16.0 Å². The molecule has 0 spiro atoms. The zero-order chi connectivity index (χ0) is 13.3. The molecule has 1 aliphatic heterocycles. The fourth-order valence-electron chi connectivity index (χ4n) is 2.16. The zero-order valence-corrected chi connectivity index (χ0v) is 11.6. The number of piperidine rings is 1. The largest absolute Gasteiger partial charge is 0.351 e. The fourth-order valence-corrected chi connectivity index (χ4v) is 2.47. The van der Waals surface area contributed by atoms with Crippen molar-refractivity contribution in [2.45, 2.75) is 19.4 Å². The van der Waals surface area contributed by atoms with Gasteiger partial charge in [-0.05, 0) is 28.3 Å². The summed E-state index contributed by atoms with van der Waals surface area (Å²) in [5.74, 6) is 0.741. The Morgan fingerprint density at radius 1 is 1.67 bits per heavy atom. The predicted molar refractivity (Wildman–Crippen MR) is 72.6 cm³/mol. The summed E-state index contributed by atoms with van der Waals surface area (Å²) in [6, 6.07) is 1.65. The van der Waals surface area contributed by atoms with E-state index >= 15 is 0 Å². The fraction of sp³-hybridized carbons (Fsp3) is 0.545. The van der Waals surface area contributed by atoms with Gasteiger partial charge in [-0.25, -0.2) is 4.98 Å². The van der Waals surface area contributed by atoms with Crippen molar-refractivity contribution in [1.29, 1.82) is 0 Å². The summed E-state index contributed by atoms with van der Waals surface area (Å²) in [6.45, 7) is 3.47. The van der Waals surface area contributed by atoms with Crippen molar-refractivity contribution in [2.24, 2.45) is 11.7 Å². The second-order valence-electron chi connectivity index (χ2n) is 4.63. The zero-order valence-electron chi connectivity index (χ0n) is 10.0. The Hall–Kier alpha value is -1.21. The van der Waals surface area contributed by atoms with Crippen LogP contribution in [0.5, 0.6) is 0 Å². The van der Waals surface area contributed by atoms with Crippen molar-refractivity contribution in [3.8, 4) is 0 Å². The monoisotopic (exact) mass is 314 g/mol. The van der Waals surface area contributed by atoms with Gasteiger partial charge < -0.3 is 10.6 Å². The topological polar surface area (TPSA) is 85.3 Å². The number of nitro groups is 1. The van der Waals surface area contributed by atoms with Gasteiger partial charge in [0.1, 0.15) is 0 Å². The van der Waals surface area contributed by atoms with Crippen LogP contribution in [0.4, 0.5) is 11.5 Å². The number of hydrogen-bond donors (Lipinski definition) is 1. The summed E-state index contributed by atoms with van der Waals surface area (Å²) in [6.07, 6.45) is 2.41. The summed E-state index contributed by atoms with van der Waals surface area (Å²) in [4.78, 5) is 16.8. The molecule has 18 heavy (non-hydrogen) atoms. The second kappa shape index (κ2) is 5.19. The summed E-state index contributed by atoms with van der Waals surface area (Å²) in [7, 11) is 0. The van der Waals surface area contributed by atoms with Gasteiger partial charge in [-0.2, -0.15) is 0 Å². The Bertz CT molecular complexity index is 468. The maximum atomic E-state index is 11.1. The molecule has 0 radical (unpaired) electrons. The van der Waals surface area contributed by atoms with Gasteiger partial charge in [0.15, 0.2) is 0 Å². The lowest BCUT2D eigenvalue weighted by Gasteiger charge is -2.35. The predicted octanol–water partition coefficient (Wildman–Crippen LogP) is 1.93. The van der Waals surface area contributed by atoms with Crippen molar-refractivity contribution in [2.75, 3.05) is 18.0 Å². The van der Waals surface area contributed by atoms with Crippen LogP contribution in [0.15, 0.2) is 16.7 Å². The highest BCUT2D eigenvalue weighted by molar-refractivity contribution is 9.10. The van der Waals surface area contributed by atoms with E-state index < -0.39 is 4.92 Å². The van der Waals surface area contributed by atoms with Crippen LogP contribution in [-0.2, 0) is 0 Å². The second-order valence-corrected chi connectivity index (χ2v) is 5.54. The Balaban J connectivity index is 2.30. The quantitative estimate of drug-likeness (QED) is 0.666. The van der Waals surface area contributed by atoms with E-state index in [1.54, 1.807) is 6.20 Å². The van der Waals surface area contributed by atoms with Gasteiger partial charge in [0.25, 0.3) is 0 Å². The highest BCUT2D eigenvalue weighted by Gasteiger charge is 2.28. The van der Waals surface area contributed by atoms with E-state index in [4.69, 9.17) is 5.73 Å². The van der Waals surface area contributed by atoms with Crippen molar-refractivity contribution >= 4 is 27.4 Å². The van der Waals surface area contributed by atoms with E-state index in [0.717, 1.165) is 6.42 Å². The van der Waals surface area contributed by atoms with Gasteiger partial charge in [0.05, 0.1) is 4.92 Å². The van der Waals surface area contributed by atoms with Crippen LogP contribution in [-0.4, -0.2) is 29.0 Å². The van der Waals surface area contributed by atoms with Gasteiger partial charge in [0.2, 0.25) is 5.82 Å². The molecule has 0 bridgehead atoms. The lowest BCUT2D eigenvalue weighted by Crippen LogP contribution is -2.46. The van der Waals surface area contributed by atoms with Crippen LogP contribution in [0.25, 0.3) is 0 Å². The smallest absolute Gasteiger partial charge is 0.312 e. The first-order chi connectivity index (χ1) is 8.49. The number of rotatable bonds is 2. The van der Waals surface area contributed by atoms with Crippen molar-refractivity contribution in [3.63, 3.8) is 0 Å². The van der Waals surface area contributed by atoms with Crippen LogP contribution in [0.2, 0.25) is 0 Å². The van der Waals surface area contributed by atoms with E-state index in [0.29, 0.717) is 29.3 Å². The molecule has 0 saturated carbocycles. The molecule has 1 fully saturated rings. The third-order valence-electron chi connectivity index (χ3n) is 3.28. The first kappa shape index (κ1) is 13.2. The molecule has 1 aromatic heterocycles. The molecular weight excluding hydrogens is 300 g/mol. The molecular formula is C11H15BrN4O2. The van der Waals surface area contributed by atoms with Gasteiger partial charge in [0, 0.05) is 35.9 Å². The average Bonchev–Trinajstić information content (AvgIpc) is 2.32. The van der Waals surface area contributed by atoms with Crippen LogP contribution in [0.3, 0.4) is 0 Å². The molecule has 98 valence electrons. The average molecular weight is 315 g/mol. The molecule has 0 aromatic carbocycles. The van der Waals surface area contributed by atoms with E-state index in [1.807, 2.05) is 4.90 Å². The standard InChI is InChI=1S/C11H15BrN4O2/c1-7-6-15(3-2-9(7)13)11-10(16(17)18)4-8(12)5-14-11/h4-5,7,9H,2-3,6,13H2,1H3. The van der Waals surface area contributed by atoms with Gasteiger partial charge >= 0.3 is 5.69 Å². The Labute approximate surface area is 113 Å². The summed E-state index contributed by atoms with van der Waals surface area (Å²) in [5, 5.41) is 11.1. The highest BCUT2D eigenvalue weighted by Crippen LogP contribution is 2.31. The third kappa shape index (κ3) is 2.62. The molecule has 1 saturated heterocycles. The number of nitrogens with two attached hydrogens (primary N) is 1. The van der Waals surface area contributed by atoms with E-state index in [1.165, 1.54) is 6.07 Å². The lowest BCUT2D eigenvalue weighted by atomic mass is 9.95. The van der Waals surface area contributed by atoms with E-state index in [2.05, 4.69) is 27.8 Å². The molecule has 2 unspecified atom stereocenters. The van der Waals surface area contributed by atoms with Crippen LogP contribution >= 0.6 is 15.9 Å². The van der Waals surface area contributed by atoms with Gasteiger partial charge in [-0.1, -0.05) is 6.92 Å². The van der Waals surface area contributed by atoms with Gasteiger partial charge in [-0.15, -0.1) is 0 Å². The number of anilines is 1. The minimum Gasteiger partial charge on any atom is -0.351 e. The minimum absolute atomic E-state index is 0.0343. The number of nitrogens with zero attached hydrogens (tertiary/aromatic N) is 3. The first-order valence-corrected chi connectivity index (χ1v) is 6.59. The molecule has 2 atom stereocenters. The maximum Gasteiger partial charge on any atom is 0.312 e. The van der Waals surface area contributed by atoms with E-state index in [-0.39, 0.29) is 11.7 Å². The van der Waals surface area contributed by atoms with Crippen molar-refractivity contribution < 1.29 is 4.92 Å². The molecule has 7 heteroatoms. The molecule has 1 aliphatic rings. The van der Waals surface area contributed by atoms with Crippen molar-refractivity contribution in [3.05, 3.63) is 26.9 Å². The van der Waals surface area contributed by atoms with E-state index in [9.17, 15) is 10.1 Å². The number of halogens is 1. The Kier molecular flexibility index (Phi) is 3.82. The summed E-state index contributed by atoms with van der Waals surface area (Å²) < 4.78 is 0.611. The summed E-state index contributed by atoms with van der Waals surface area (Å²) in [5.41, 5.74) is 5.99. The normalized spacial score (nSPS) is 24.1. The first-order valence-electron chi connectivity index (χ1n) is 5.79. The lowest BCUT2D eigenvalue weighted by molar-refractivity contribution is -0.384. The van der Waals surface area contributed by atoms with Crippen LogP contribution in [0.1, 0.15) is 13.3 Å². The molecule has 1 aromatic rings. The highest BCUT2D eigenvalue weighted by atomic mass is 79.9. The number of aromatic nitrogens is 1. The number of hydrogen-bond acceptors (Lipinski definition) is 5. The Morgan fingerprint density at radius 3 is 3.00 bits per heavy atom. The Morgan fingerprint density at radius 2 is 2.39 bits per heavy atom. The minimum atomic E-state index is -0.397. The maximum absolute atomic E-state index is 11.1.